The van der Waals surface area contributed by atoms with Crippen molar-refractivity contribution >= 4 is 39.5 Å². The molecular formula is C20H23N3O3S2. The van der Waals surface area contributed by atoms with Crippen LogP contribution in [0.2, 0.25) is 0 Å². The van der Waals surface area contributed by atoms with Gasteiger partial charge in [0.05, 0.1) is 16.8 Å². The fraction of sp³-hybridized carbons (Fsp3) is 0.300. The predicted octanol–water partition coefficient (Wildman–Crippen LogP) is 3.26. The first-order valence-electron chi connectivity index (χ1n) is 9.14. The summed E-state index contributed by atoms with van der Waals surface area (Å²) in [5.74, 6) is 0.725. The third-order valence-electron chi connectivity index (χ3n) is 4.53. The van der Waals surface area contributed by atoms with Gasteiger partial charge in [-0.2, -0.15) is 4.31 Å². The summed E-state index contributed by atoms with van der Waals surface area (Å²) in [6, 6.07) is 8.49. The number of hydrogen-bond donors (Lipinski definition) is 0. The summed E-state index contributed by atoms with van der Waals surface area (Å²) < 4.78 is 26.5. The molecule has 1 aliphatic heterocycles. The average molecular weight is 418 g/mol. The number of sulfonamides is 1. The van der Waals surface area contributed by atoms with Crippen LogP contribution in [0.15, 0.2) is 58.6 Å². The molecule has 1 aromatic carbocycles. The summed E-state index contributed by atoms with van der Waals surface area (Å²) in [5.41, 5.74) is 1.60. The Bertz CT molecular complexity index is 968. The van der Waals surface area contributed by atoms with Gasteiger partial charge in [0.2, 0.25) is 10.0 Å². The van der Waals surface area contributed by atoms with E-state index >= 15 is 0 Å². The van der Waals surface area contributed by atoms with Crippen molar-refractivity contribution in [2.75, 3.05) is 30.3 Å². The molecule has 0 atom stereocenters. The van der Waals surface area contributed by atoms with E-state index in [-0.39, 0.29) is 10.8 Å². The van der Waals surface area contributed by atoms with Gasteiger partial charge in [-0.05, 0) is 29.8 Å². The van der Waals surface area contributed by atoms with E-state index in [4.69, 9.17) is 0 Å². The summed E-state index contributed by atoms with van der Waals surface area (Å²) in [6.45, 7) is 5.12. The second-order valence-corrected chi connectivity index (χ2v) is 9.25. The van der Waals surface area contributed by atoms with Crippen molar-refractivity contribution in [3.8, 4) is 0 Å². The van der Waals surface area contributed by atoms with Crippen molar-refractivity contribution in [2.24, 2.45) is 0 Å². The Labute approximate surface area is 170 Å². The molecule has 0 radical (unpaired) electrons. The van der Waals surface area contributed by atoms with Crippen molar-refractivity contribution in [3.05, 3.63) is 54.4 Å². The number of pyridine rings is 1. The van der Waals surface area contributed by atoms with Crippen LogP contribution < -0.4 is 4.90 Å². The minimum absolute atomic E-state index is 0.116. The Balaban J connectivity index is 1.74. The van der Waals surface area contributed by atoms with E-state index in [9.17, 15) is 13.2 Å². The number of aromatic nitrogens is 1. The van der Waals surface area contributed by atoms with Crippen molar-refractivity contribution in [1.82, 2.24) is 9.29 Å². The van der Waals surface area contributed by atoms with Gasteiger partial charge in [-0.3, -0.25) is 9.78 Å². The number of fused-ring (bicyclic) bond motifs is 1. The molecule has 0 saturated heterocycles. The molecular weight excluding hydrogens is 394 g/mol. The number of nitrogens with zero attached hydrogens (tertiary/aromatic N) is 3. The zero-order valence-corrected chi connectivity index (χ0v) is 17.5. The molecule has 0 fully saturated rings. The zero-order valence-electron chi connectivity index (χ0n) is 15.9. The maximum absolute atomic E-state index is 12.6. The fourth-order valence-electron chi connectivity index (χ4n) is 3.02. The van der Waals surface area contributed by atoms with E-state index in [1.54, 1.807) is 59.4 Å². The molecule has 0 aliphatic carbocycles. The molecule has 1 aromatic heterocycles. The smallest absolute Gasteiger partial charge is 0.251 e. The van der Waals surface area contributed by atoms with Gasteiger partial charge in [0, 0.05) is 42.6 Å². The van der Waals surface area contributed by atoms with Crippen LogP contribution in [0.3, 0.4) is 0 Å². The fourth-order valence-corrected chi connectivity index (χ4v) is 5.44. The number of carbonyl (C=O) groups is 1. The number of hydrogen-bond acceptors (Lipinski definition) is 5. The van der Waals surface area contributed by atoms with Gasteiger partial charge >= 0.3 is 0 Å². The van der Waals surface area contributed by atoms with Crippen LogP contribution in [0.1, 0.15) is 19.4 Å². The number of rotatable bonds is 6. The maximum atomic E-state index is 12.6. The molecule has 28 heavy (non-hydrogen) atoms. The topological polar surface area (TPSA) is 70.6 Å². The molecule has 8 heteroatoms. The molecule has 2 heterocycles. The average Bonchev–Trinajstić information content (AvgIpc) is 2.72. The first-order valence-corrected chi connectivity index (χ1v) is 11.6. The standard InChI is InChI=1S/C20H23N3O3S2/c1-3-22(4-2)28(25,26)17-8-5-16(6-9-17)7-10-20(24)23-13-14-27-19-11-12-21-15-18(19)23/h5-12,15H,3-4,13-14H2,1-2H3. The number of carbonyl (C=O) groups excluding carboxylic acids is 1. The first kappa shape index (κ1) is 20.6. The van der Waals surface area contributed by atoms with Crippen LogP contribution in [0.25, 0.3) is 6.08 Å². The lowest BCUT2D eigenvalue weighted by Crippen LogP contribution is -2.34. The molecule has 2 aromatic rings. The van der Waals surface area contributed by atoms with E-state index in [1.165, 1.54) is 10.4 Å². The van der Waals surface area contributed by atoms with Crippen LogP contribution in [0.5, 0.6) is 0 Å². The summed E-state index contributed by atoms with van der Waals surface area (Å²) in [4.78, 5) is 19.8. The molecule has 1 aliphatic rings. The van der Waals surface area contributed by atoms with Crippen molar-refractivity contribution in [1.29, 1.82) is 0 Å². The van der Waals surface area contributed by atoms with Crippen LogP contribution in [-0.2, 0) is 14.8 Å². The Kier molecular flexibility index (Phi) is 6.53. The van der Waals surface area contributed by atoms with E-state index in [2.05, 4.69) is 4.98 Å². The Hall–Kier alpha value is -2.16. The highest BCUT2D eigenvalue weighted by Crippen LogP contribution is 2.33. The van der Waals surface area contributed by atoms with Crippen molar-refractivity contribution in [3.63, 3.8) is 0 Å². The SMILES string of the molecule is CCN(CC)S(=O)(=O)c1ccc(C=CC(=O)N2CCSc3ccncc32)cc1. The zero-order chi connectivity index (χ0) is 20.1. The van der Waals surface area contributed by atoms with E-state index in [0.717, 1.165) is 21.9 Å². The van der Waals surface area contributed by atoms with Gasteiger partial charge in [-0.15, -0.1) is 11.8 Å². The van der Waals surface area contributed by atoms with Gasteiger partial charge in [0.1, 0.15) is 0 Å². The summed E-state index contributed by atoms with van der Waals surface area (Å²) in [6.07, 6.45) is 6.65. The minimum Gasteiger partial charge on any atom is -0.305 e. The maximum Gasteiger partial charge on any atom is 0.251 e. The van der Waals surface area contributed by atoms with Crippen molar-refractivity contribution < 1.29 is 13.2 Å². The number of benzene rings is 1. The lowest BCUT2D eigenvalue weighted by molar-refractivity contribution is -0.114. The first-order chi connectivity index (χ1) is 13.5. The van der Waals surface area contributed by atoms with E-state index < -0.39 is 10.0 Å². The highest BCUT2D eigenvalue weighted by molar-refractivity contribution is 7.99. The number of amides is 1. The highest BCUT2D eigenvalue weighted by atomic mass is 32.2. The lowest BCUT2D eigenvalue weighted by Gasteiger charge is -2.27. The van der Waals surface area contributed by atoms with E-state index in [0.29, 0.717) is 19.6 Å². The minimum atomic E-state index is -3.48. The van der Waals surface area contributed by atoms with Crippen LogP contribution in [0.4, 0.5) is 5.69 Å². The van der Waals surface area contributed by atoms with Gasteiger partial charge < -0.3 is 4.90 Å². The molecule has 0 unspecified atom stereocenters. The molecule has 0 saturated carbocycles. The Morgan fingerprint density at radius 3 is 2.61 bits per heavy atom. The number of thioether (sulfide) groups is 1. The lowest BCUT2D eigenvalue weighted by atomic mass is 10.2. The second-order valence-electron chi connectivity index (χ2n) is 6.17. The normalized spacial score (nSPS) is 14.5. The molecule has 6 nitrogen and oxygen atoms in total. The highest BCUT2D eigenvalue weighted by Gasteiger charge is 2.22. The molecule has 0 N–H and O–H groups in total. The number of anilines is 1. The molecule has 0 bridgehead atoms. The van der Waals surface area contributed by atoms with Gasteiger partial charge in [0.15, 0.2) is 0 Å². The largest absolute Gasteiger partial charge is 0.305 e. The third kappa shape index (κ3) is 4.29. The van der Waals surface area contributed by atoms with Crippen LogP contribution in [-0.4, -0.2) is 49.0 Å². The Morgan fingerprint density at radius 1 is 1.21 bits per heavy atom. The second kappa shape index (κ2) is 8.89. The summed E-state index contributed by atoms with van der Waals surface area (Å²) in [7, 11) is -3.48. The monoisotopic (exact) mass is 417 g/mol. The van der Waals surface area contributed by atoms with Gasteiger partial charge in [0.25, 0.3) is 5.91 Å². The summed E-state index contributed by atoms with van der Waals surface area (Å²) in [5, 5.41) is 0. The third-order valence-corrected chi connectivity index (χ3v) is 7.64. The molecule has 0 spiro atoms. The molecule has 3 rings (SSSR count). The molecule has 148 valence electrons. The summed E-state index contributed by atoms with van der Waals surface area (Å²) >= 11 is 1.72. The van der Waals surface area contributed by atoms with Crippen LogP contribution >= 0.6 is 11.8 Å². The quantitative estimate of drug-likeness (QED) is 0.675. The molecule has 1 amide bonds. The van der Waals surface area contributed by atoms with Gasteiger partial charge in [-0.1, -0.05) is 26.0 Å². The predicted molar refractivity (Wildman–Crippen MR) is 113 cm³/mol. The van der Waals surface area contributed by atoms with E-state index in [1.807, 2.05) is 19.9 Å². The van der Waals surface area contributed by atoms with Crippen molar-refractivity contribution in [2.45, 2.75) is 23.6 Å². The van der Waals surface area contributed by atoms with Crippen LogP contribution in [0, 0.1) is 0 Å². The Morgan fingerprint density at radius 2 is 1.93 bits per heavy atom. The van der Waals surface area contributed by atoms with Gasteiger partial charge in [-0.25, -0.2) is 8.42 Å².